The van der Waals surface area contributed by atoms with Crippen molar-refractivity contribution in [1.82, 2.24) is 5.32 Å². The molecule has 21 heavy (non-hydrogen) atoms. The Hall–Kier alpha value is -2.24. The van der Waals surface area contributed by atoms with Gasteiger partial charge in [-0.3, -0.25) is 10.1 Å². The van der Waals surface area contributed by atoms with Gasteiger partial charge in [0.05, 0.1) is 11.0 Å². The quantitative estimate of drug-likeness (QED) is 0.466. The molecule has 2 N–H and O–H groups in total. The predicted molar refractivity (Wildman–Crippen MR) is 81.1 cm³/mol. The van der Waals surface area contributed by atoms with E-state index in [1.165, 1.54) is 12.1 Å². The highest BCUT2D eigenvalue weighted by atomic mass is 16.6. The average molecular weight is 286 g/mol. The lowest BCUT2D eigenvalue weighted by molar-refractivity contribution is -0.384. The molecule has 0 unspecified atom stereocenters. The Morgan fingerprint density at radius 2 is 1.76 bits per heavy atom. The molecule has 0 aliphatic rings. The fourth-order valence-corrected chi connectivity index (χ4v) is 2.05. The minimum Gasteiger partial charge on any atom is -0.387 e. The number of hydrogen-bond donors (Lipinski definition) is 2. The molecule has 1 atom stereocenters. The topological polar surface area (TPSA) is 75.4 Å². The van der Waals surface area contributed by atoms with Crippen LogP contribution in [0, 0.1) is 10.1 Å². The van der Waals surface area contributed by atoms with Gasteiger partial charge in [-0.15, -0.1) is 0 Å². The van der Waals surface area contributed by atoms with Crippen LogP contribution in [0.1, 0.15) is 17.2 Å². The molecule has 2 aromatic carbocycles. The summed E-state index contributed by atoms with van der Waals surface area (Å²) in [6.45, 7) is 1.19. The first-order valence-corrected chi connectivity index (χ1v) is 6.84. The fraction of sp³-hybridized carbons (Fsp3) is 0.250. The zero-order valence-corrected chi connectivity index (χ0v) is 11.6. The molecule has 0 saturated heterocycles. The van der Waals surface area contributed by atoms with E-state index in [1.54, 1.807) is 12.1 Å². The molecular formula is C16H18N2O3. The van der Waals surface area contributed by atoms with Crippen LogP contribution in [-0.2, 0) is 6.42 Å². The van der Waals surface area contributed by atoms with Gasteiger partial charge in [0.25, 0.3) is 5.69 Å². The van der Waals surface area contributed by atoms with E-state index in [0.717, 1.165) is 17.5 Å². The van der Waals surface area contributed by atoms with E-state index in [9.17, 15) is 15.2 Å². The Morgan fingerprint density at radius 1 is 1.10 bits per heavy atom. The molecule has 0 radical (unpaired) electrons. The van der Waals surface area contributed by atoms with Crippen LogP contribution in [0.25, 0.3) is 0 Å². The van der Waals surface area contributed by atoms with Gasteiger partial charge < -0.3 is 10.4 Å². The molecule has 0 saturated carbocycles. The SMILES string of the molecule is O=[N+]([O-])c1ccc(CCNC[C@@H](O)c2ccccc2)cc1. The molecule has 0 aliphatic heterocycles. The van der Waals surface area contributed by atoms with E-state index in [4.69, 9.17) is 0 Å². The second-order valence-corrected chi connectivity index (χ2v) is 4.80. The van der Waals surface area contributed by atoms with E-state index < -0.39 is 11.0 Å². The van der Waals surface area contributed by atoms with Gasteiger partial charge in [0.15, 0.2) is 0 Å². The van der Waals surface area contributed by atoms with Crippen LogP contribution in [0.3, 0.4) is 0 Å². The van der Waals surface area contributed by atoms with E-state index in [2.05, 4.69) is 5.32 Å². The molecule has 2 rings (SSSR count). The summed E-state index contributed by atoms with van der Waals surface area (Å²) >= 11 is 0. The third-order valence-electron chi connectivity index (χ3n) is 3.26. The van der Waals surface area contributed by atoms with Gasteiger partial charge in [-0.25, -0.2) is 0 Å². The van der Waals surface area contributed by atoms with Crippen LogP contribution in [-0.4, -0.2) is 23.1 Å². The van der Waals surface area contributed by atoms with Crippen LogP contribution >= 0.6 is 0 Å². The molecule has 110 valence electrons. The van der Waals surface area contributed by atoms with Crippen molar-refractivity contribution in [3.05, 3.63) is 75.8 Å². The lowest BCUT2D eigenvalue weighted by Crippen LogP contribution is -2.23. The average Bonchev–Trinajstić information content (AvgIpc) is 2.52. The van der Waals surface area contributed by atoms with Crippen LogP contribution in [0.2, 0.25) is 0 Å². The number of hydrogen-bond acceptors (Lipinski definition) is 4. The van der Waals surface area contributed by atoms with Gasteiger partial charge in [0.1, 0.15) is 0 Å². The molecule has 0 spiro atoms. The zero-order valence-electron chi connectivity index (χ0n) is 11.6. The smallest absolute Gasteiger partial charge is 0.269 e. The first-order valence-electron chi connectivity index (χ1n) is 6.84. The molecule has 5 heteroatoms. The number of benzene rings is 2. The van der Waals surface area contributed by atoms with Crippen molar-refractivity contribution in [3.63, 3.8) is 0 Å². The highest BCUT2D eigenvalue weighted by Crippen LogP contribution is 2.12. The summed E-state index contributed by atoms with van der Waals surface area (Å²) in [5.41, 5.74) is 2.02. The summed E-state index contributed by atoms with van der Waals surface area (Å²) in [4.78, 5) is 10.1. The minimum absolute atomic E-state index is 0.103. The van der Waals surface area contributed by atoms with Crippen molar-refractivity contribution < 1.29 is 10.0 Å². The Labute approximate surface area is 123 Å². The van der Waals surface area contributed by atoms with Crippen molar-refractivity contribution in [2.24, 2.45) is 0 Å². The standard InChI is InChI=1S/C16H18N2O3/c19-16(14-4-2-1-3-5-14)12-17-11-10-13-6-8-15(9-7-13)18(20)21/h1-9,16-17,19H,10-12H2/t16-/m1/s1. The molecule has 0 heterocycles. The Bertz CT molecular complexity index is 570. The number of nitrogens with zero attached hydrogens (tertiary/aromatic N) is 1. The third-order valence-corrected chi connectivity index (χ3v) is 3.26. The van der Waals surface area contributed by atoms with Crippen molar-refractivity contribution in [2.75, 3.05) is 13.1 Å². The largest absolute Gasteiger partial charge is 0.387 e. The molecule has 2 aromatic rings. The highest BCUT2D eigenvalue weighted by molar-refractivity contribution is 5.32. The summed E-state index contributed by atoms with van der Waals surface area (Å²) in [5, 5.41) is 23.7. The Balaban J connectivity index is 1.73. The molecule has 0 amide bonds. The van der Waals surface area contributed by atoms with Crippen LogP contribution in [0.4, 0.5) is 5.69 Å². The number of nitrogens with one attached hydrogen (secondary N) is 1. The molecular weight excluding hydrogens is 268 g/mol. The number of nitro groups is 1. The second-order valence-electron chi connectivity index (χ2n) is 4.80. The lowest BCUT2D eigenvalue weighted by Gasteiger charge is -2.12. The molecule has 5 nitrogen and oxygen atoms in total. The third kappa shape index (κ3) is 4.66. The fourth-order valence-electron chi connectivity index (χ4n) is 2.05. The predicted octanol–water partition coefficient (Wildman–Crippen LogP) is 2.46. The maximum Gasteiger partial charge on any atom is 0.269 e. The molecule has 0 bridgehead atoms. The molecule has 0 aromatic heterocycles. The van der Waals surface area contributed by atoms with E-state index >= 15 is 0 Å². The highest BCUT2D eigenvalue weighted by Gasteiger charge is 2.06. The first-order chi connectivity index (χ1) is 10.2. The normalized spacial score (nSPS) is 12.0. The van der Waals surface area contributed by atoms with Gasteiger partial charge in [-0.1, -0.05) is 42.5 Å². The zero-order chi connectivity index (χ0) is 15.1. The van der Waals surface area contributed by atoms with Gasteiger partial charge in [-0.2, -0.15) is 0 Å². The number of rotatable bonds is 7. The summed E-state index contributed by atoms with van der Waals surface area (Å²) in [6, 6.07) is 16.0. The van der Waals surface area contributed by atoms with Crippen molar-refractivity contribution in [1.29, 1.82) is 0 Å². The van der Waals surface area contributed by atoms with Crippen molar-refractivity contribution in [2.45, 2.75) is 12.5 Å². The van der Waals surface area contributed by atoms with Crippen LogP contribution in [0.5, 0.6) is 0 Å². The number of aliphatic hydroxyl groups excluding tert-OH is 1. The van der Waals surface area contributed by atoms with Crippen molar-refractivity contribution >= 4 is 5.69 Å². The van der Waals surface area contributed by atoms with Crippen LogP contribution < -0.4 is 5.32 Å². The summed E-state index contributed by atoms with van der Waals surface area (Å²) in [6.07, 6.45) is 0.238. The van der Waals surface area contributed by atoms with E-state index in [-0.39, 0.29) is 5.69 Å². The number of aliphatic hydroxyl groups is 1. The molecule has 0 aliphatic carbocycles. The van der Waals surface area contributed by atoms with Gasteiger partial charge >= 0.3 is 0 Å². The summed E-state index contributed by atoms with van der Waals surface area (Å²) < 4.78 is 0. The maximum absolute atomic E-state index is 10.5. The van der Waals surface area contributed by atoms with E-state index in [0.29, 0.717) is 13.1 Å². The van der Waals surface area contributed by atoms with Gasteiger partial charge in [0.2, 0.25) is 0 Å². The van der Waals surface area contributed by atoms with Crippen LogP contribution in [0.15, 0.2) is 54.6 Å². The number of nitro benzene ring substituents is 1. The van der Waals surface area contributed by atoms with Crippen molar-refractivity contribution in [3.8, 4) is 0 Å². The first kappa shape index (κ1) is 15.2. The van der Waals surface area contributed by atoms with E-state index in [1.807, 2.05) is 30.3 Å². The number of non-ortho nitro benzene ring substituents is 1. The summed E-state index contributed by atoms with van der Waals surface area (Å²) in [5.74, 6) is 0. The maximum atomic E-state index is 10.5. The Kier molecular flexibility index (Phi) is 5.43. The minimum atomic E-state index is -0.525. The monoisotopic (exact) mass is 286 g/mol. The lowest BCUT2D eigenvalue weighted by atomic mass is 10.1. The molecule has 0 fully saturated rings. The summed E-state index contributed by atoms with van der Waals surface area (Å²) in [7, 11) is 0. The van der Waals surface area contributed by atoms with Gasteiger partial charge in [0, 0.05) is 18.7 Å². The van der Waals surface area contributed by atoms with Gasteiger partial charge in [-0.05, 0) is 24.1 Å². The second kappa shape index (κ2) is 7.52. The Morgan fingerprint density at radius 3 is 2.38 bits per heavy atom.